The van der Waals surface area contributed by atoms with E-state index in [0.717, 1.165) is 17.5 Å². The molecule has 1 saturated heterocycles. The molecular formula is C25H33F3N8O. The Labute approximate surface area is 213 Å². The third-order valence-electron chi connectivity index (χ3n) is 7.54. The second kappa shape index (κ2) is 10.2. The van der Waals surface area contributed by atoms with Crippen molar-refractivity contribution in [3.63, 3.8) is 0 Å². The summed E-state index contributed by atoms with van der Waals surface area (Å²) in [5.41, 5.74) is 1.28. The molecule has 3 aromatic rings. The minimum absolute atomic E-state index is 0.0442. The number of aryl methyl sites for hydroxylation is 2. The molecule has 200 valence electrons. The van der Waals surface area contributed by atoms with E-state index in [1.807, 2.05) is 20.8 Å². The molecule has 4 heterocycles. The summed E-state index contributed by atoms with van der Waals surface area (Å²) in [7, 11) is 1.67. The number of aromatic nitrogens is 5. The van der Waals surface area contributed by atoms with Gasteiger partial charge in [0.2, 0.25) is 0 Å². The molecule has 37 heavy (non-hydrogen) atoms. The monoisotopic (exact) mass is 518 g/mol. The van der Waals surface area contributed by atoms with E-state index in [-0.39, 0.29) is 36.3 Å². The van der Waals surface area contributed by atoms with Gasteiger partial charge >= 0.3 is 6.18 Å². The lowest BCUT2D eigenvalue weighted by Crippen LogP contribution is -2.59. The van der Waals surface area contributed by atoms with E-state index in [2.05, 4.69) is 26.1 Å². The lowest BCUT2D eigenvalue weighted by Gasteiger charge is -2.49. The van der Waals surface area contributed by atoms with E-state index in [9.17, 15) is 18.0 Å². The second-order valence-corrected chi connectivity index (χ2v) is 9.56. The standard InChI is InChI=1S/C25H33F3N8O/c1-6-17-14-35(20-11-22(37)32(5)21-15-33(10-9-29)31-23(20)21)18(7-2)13-34(17)16(4)19-12-30-36(8-3)24(19)25(26,27)28/h11-12,15-18H,6-8,10,13-14H2,1-5H3/t16-,17-,18+/m1/s1. The van der Waals surface area contributed by atoms with Crippen LogP contribution in [0.2, 0.25) is 0 Å². The fraction of sp³-hybridized carbons (Fsp3) is 0.600. The highest BCUT2D eigenvalue weighted by Gasteiger charge is 2.42. The number of nitrogens with zero attached hydrogens (tertiary/aromatic N) is 8. The molecule has 12 heteroatoms. The number of rotatable bonds is 7. The second-order valence-electron chi connectivity index (χ2n) is 9.56. The molecule has 0 amide bonds. The minimum atomic E-state index is -4.50. The molecule has 0 bridgehead atoms. The number of hydrogen-bond donors (Lipinski definition) is 0. The number of hydrogen-bond acceptors (Lipinski definition) is 6. The highest BCUT2D eigenvalue weighted by Crippen LogP contribution is 2.39. The Morgan fingerprint density at radius 2 is 1.89 bits per heavy atom. The van der Waals surface area contributed by atoms with Crippen LogP contribution in [0.25, 0.3) is 11.0 Å². The average Bonchev–Trinajstić information content (AvgIpc) is 3.50. The van der Waals surface area contributed by atoms with Gasteiger partial charge < -0.3 is 9.47 Å². The van der Waals surface area contributed by atoms with Crippen LogP contribution in [-0.2, 0) is 26.3 Å². The number of nitriles is 1. The van der Waals surface area contributed by atoms with E-state index in [0.29, 0.717) is 29.8 Å². The molecule has 1 aliphatic rings. The Morgan fingerprint density at radius 3 is 2.49 bits per heavy atom. The summed E-state index contributed by atoms with van der Waals surface area (Å²) in [6.07, 6.45) is 0.00214. The fourth-order valence-electron chi connectivity index (χ4n) is 5.50. The van der Waals surface area contributed by atoms with Gasteiger partial charge in [0.1, 0.15) is 17.8 Å². The zero-order valence-electron chi connectivity index (χ0n) is 21.8. The van der Waals surface area contributed by atoms with Gasteiger partial charge in [-0.25, -0.2) is 0 Å². The molecule has 4 rings (SSSR count). The first-order valence-electron chi connectivity index (χ1n) is 12.6. The zero-order chi connectivity index (χ0) is 27.1. The van der Waals surface area contributed by atoms with Gasteiger partial charge in [0, 0.05) is 56.4 Å². The smallest absolute Gasteiger partial charge is 0.364 e. The first kappa shape index (κ1) is 26.7. The minimum Gasteiger partial charge on any atom is -0.364 e. The van der Waals surface area contributed by atoms with Crippen LogP contribution in [0.4, 0.5) is 18.9 Å². The summed E-state index contributed by atoms with van der Waals surface area (Å²) in [5, 5.41) is 17.7. The molecule has 0 aromatic carbocycles. The SMILES string of the molecule is CC[C@H]1CN([C@H](C)c2cnn(CC)c2C(F)(F)F)[C@H](CC)CN1c1cc(=O)n(C)c2cn(CC#N)nc12. The zero-order valence-corrected chi connectivity index (χ0v) is 21.8. The van der Waals surface area contributed by atoms with Gasteiger partial charge in [0.25, 0.3) is 5.56 Å². The molecule has 3 aromatic heterocycles. The first-order chi connectivity index (χ1) is 17.5. The molecule has 0 radical (unpaired) electrons. The number of alkyl halides is 3. The Kier molecular flexibility index (Phi) is 7.37. The van der Waals surface area contributed by atoms with Crippen molar-refractivity contribution in [3.05, 3.63) is 40.1 Å². The van der Waals surface area contributed by atoms with Crippen molar-refractivity contribution in [1.82, 2.24) is 29.0 Å². The average molecular weight is 519 g/mol. The van der Waals surface area contributed by atoms with Crippen molar-refractivity contribution in [2.75, 3.05) is 18.0 Å². The topological polar surface area (TPSA) is 87.9 Å². The van der Waals surface area contributed by atoms with Gasteiger partial charge in [-0.3, -0.25) is 19.1 Å². The number of anilines is 1. The van der Waals surface area contributed by atoms with E-state index in [1.165, 1.54) is 15.4 Å². The van der Waals surface area contributed by atoms with Crippen LogP contribution in [0.5, 0.6) is 0 Å². The third kappa shape index (κ3) is 4.72. The van der Waals surface area contributed by atoms with Crippen LogP contribution < -0.4 is 10.5 Å². The molecule has 0 spiro atoms. The molecule has 0 N–H and O–H groups in total. The Balaban J connectivity index is 1.74. The molecule has 0 aliphatic carbocycles. The summed E-state index contributed by atoms with van der Waals surface area (Å²) in [5.74, 6) is 0. The molecule has 1 fully saturated rings. The fourth-order valence-corrected chi connectivity index (χ4v) is 5.50. The molecule has 0 unspecified atom stereocenters. The van der Waals surface area contributed by atoms with E-state index in [4.69, 9.17) is 5.26 Å². The summed E-state index contributed by atoms with van der Waals surface area (Å²) in [6, 6.07) is 3.07. The van der Waals surface area contributed by atoms with Gasteiger partial charge in [-0.2, -0.15) is 28.6 Å². The largest absolute Gasteiger partial charge is 0.433 e. The van der Waals surface area contributed by atoms with Crippen LogP contribution >= 0.6 is 0 Å². The highest BCUT2D eigenvalue weighted by atomic mass is 19.4. The van der Waals surface area contributed by atoms with Gasteiger partial charge in [0.15, 0.2) is 0 Å². The Bertz CT molecular complexity index is 1370. The third-order valence-corrected chi connectivity index (χ3v) is 7.54. The maximum absolute atomic E-state index is 14.0. The van der Waals surface area contributed by atoms with E-state index in [1.54, 1.807) is 26.2 Å². The molecule has 1 aliphatic heterocycles. The van der Waals surface area contributed by atoms with Crippen molar-refractivity contribution in [2.45, 2.75) is 77.9 Å². The van der Waals surface area contributed by atoms with Gasteiger partial charge in [0.05, 0.1) is 29.7 Å². The number of pyridine rings is 1. The maximum Gasteiger partial charge on any atom is 0.433 e. The summed E-state index contributed by atoms with van der Waals surface area (Å²) in [4.78, 5) is 17.2. The predicted molar refractivity (Wildman–Crippen MR) is 134 cm³/mol. The van der Waals surface area contributed by atoms with Gasteiger partial charge in [-0.1, -0.05) is 13.8 Å². The molecule has 9 nitrogen and oxygen atoms in total. The van der Waals surface area contributed by atoms with Crippen molar-refractivity contribution in [1.29, 1.82) is 5.26 Å². The Morgan fingerprint density at radius 1 is 1.19 bits per heavy atom. The van der Waals surface area contributed by atoms with Crippen molar-refractivity contribution < 1.29 is 13.2 Å². The van der Waals surface area contributed by atoms with Crippen LogP contribution in [-0.4, -0.2) is 54.2 Å². The van der Waals surface area contributed by atoms with E-state index >= 15 is 0 Å². The molecule has 3 atom stereocenters. The quantitative estimate of drug-likeness (QED) is 0.471. The van der Waals surface area contributed by atoms with Crippen LogP contribution in [0.15, 0.2) is 23.3 Å². The molecular weight excluding hydrogens is 485 g/mol. The number of piperazine rings is 1. The van der Waals surface area contributed by atoms with Crippen LogP contribution in [0.3, 0.4) is 0 Å². The highest BCUT2D eigenvalue weighted by molar-refractivity contribution is 5.88. The van der Waals surface area contributed by atoms with Crippen LogP contribution in [0, 0.1) is 11.3 Å². The van der Waals surface area contributed by atoms with Crippen molar-refractivity contribution in [3.8, 4) is 6.07 Å². The number of fused-ring (bicyclic) bond motifs is 1. The Hall–Kier alpha value is -3.33. The number of halogens is 3. The normalized spacial score (nSPS) is 19.9. The summed E-state index contributed by atoms with van der Waals surface area (Å²) >= 11 is 0. The van der Waals surface area contributed by atoms with Gasteiger partial charge in [-0.15, -0.1) is 0 Å². The van der Waals surface area contributed by atoms with Crippen molar-refractivity contribution >= 4 is 16.7 Å². The van der Waals surface area contributed by atoms with Crippen molar-refractivity contribution in [2.24, 2.45) is 7.05 Å². The maximum atomic E-state index is 14.0. The van der Waals surface area contributed by atoms with Crippen LogP contribution in [0.1, 0.15) is 57.8 Å². The summed E-state index contributed by atoms with van der Waals surface area (Å²) in [6.45, 7) is 8.80. The lowest BCUT2D eigenvalue weighted by molar-refractivity contribution is -0.145. The van der Waals surface area contributed by atoms with E-state index < -0.39 is 17.9 Å². The molecule has 0 saturated carbocycles. The first-order valence-corrected chi connectivity index (χ1v) is 12.6. The predicted octanol–water partition coefficient (Wildman–Crippen LogP) is 3.93. The summed E-state index contributed by atoms with van der Waals surface area (Å²) < 4.78 is 46.0. The van der Waals surface area contributed by atoms with Gasteiger partial charge in [-0.05, 0) is 26.7 Å². The lowest BCUT2D eigenvalue weighted by atomic mass is 9.96.